The van der Waals surface area contributed by atoms with Crippen LogP contribution in [0.2, 0.25) is 0 Å². The van der Waals surface area contributed by atoms with Gasteiger partial charge in [0.05, 0.1) is 5.69 Å². The lowest BCUT2D eigenvalue weighted by atomic mass is 10.0. The molecule has 1 atom stereocenters. The maximum Gasteiger partial charge on any atom is 0.326 e. The van der Waals surface area contributed by atoms with E-state index in [1.165, 1.54) is 0 Å². The molecule has 0 aromatic carbocycles. The van der Waals surface area contributed by atoms with E-state index in [1.54, 1.807) is 4.90 Å². The van der Waals surface area contributed by atoms with Crippen molar-refractivity contribution in [3.05, 3.63) is 17.0 Å². The third-order valence-corrected chi connectivity index (χ3v) is 4.77. The molecule has 0 aliphatic carbocycles. The maximum absolute atomic E-state index is 12.5. The van der Waals surface area contributed by atoms with Crippen molar-refractivity contribution in [3.8, 4) is 0 Å². The molecule has 0 unspecified atom stereocenters. The van der Waals surface area contributed by atoms with E-state index in [1.807, 2.05) is 18.5 Å². The first-order valence-electron chi connectivity index (χ1n) is 8.86. The summed E-state index contributed by atoms with van der Waals surface area (Å²) in [7, 11) is 0. The number of carbonyl (C=O) groups excluding carboxylic acids is 1. The van der Waals surface area contributed by atoms with Crippen LogP contribution in [0.5, 0.6) is 0 Å². The monoisotopic (exact) mass is 335 g/mol. The number of aryl methyl sites for hydroxylation is 1. The first kappa shape index (κ1) is 18.5. The predicted molar refractivity (Wildman–Crippen MR) is 91.8 cm³/mol. The molecule has 6 nitrogen and oxygen atoms in total. The van der Waals surface area contributed by atoms with Crippen LogP contribution in [0, 0.1) is 19.8 Å². The smallest absolute Gasteiger partial charge is 0.326 e. The third-order valence-electron chi connectivity index (χ3n) is 4.77. The van der Waals surface area contributed by atoms with Crippen LogP contribution < -0.4 is 0 Å². The first-order chi connectivity index (χ1) is 11.3. The second-order valence-corrected chi connectivity index (χ2v) is 7.16. The molecular weight excluding hydrogens is 306 g/mol. The van der Waals surface area contributed by atoms with Crippen LogP contribution in [0.25, 0.3) is 0 Å². The van der Waals surface area contributed by atoms with Crippen LogP contribution in [0.4, 0.5) is 0 Å². The SMILES string of the molecule is Cc1nn(CC(C)C)c(C)c1CCC(=O)N1CCCC[C@@H]1C(=O)O. The fourth-order valence-corrected chi connectivity index (χ4v) is 3.48. The molecule has 1 aliphatic rings. The average Bonchev–Trinajstić information content (AvgIpc) is 2.78. The molecule has 0 saturated carbocycles. The summed E-state index contributed by atoms with van der Waals surface area (Å²) in [6.45, 7) is 9.76. The third kappa shape index (κ3) is 4.16. The zero-order valence-electron chi connectivity index (χ0n) is 15.2. The lowest BCUT2D eigenvalue weighted by molar-refractivity contribution is -0.152. The highest BCUT2D eigenvalue weighted by Crippen LogP contribution is 2.21. The Balaban J connectivity index is 2.03. The quantitative estimate of drug-likeness (QED) is 0.867. The molecule has 1 amide bonds. The summed E-state index contributed by atoms with van der Waals surface area (Å²) in [4.78, 5) is 25.4. The second-order valence-electron chi connectivity index (χ2n) is 7.16. The van der Waals surface area contributed by atoms with Gasteiger partial charge in [-0.25, -0.2) is 4.79 Å². The number of rotatable bonds is 6. The number of aliphatic carboxylic acids is 1. The van der Waals surface area contributed by atoms with Crippen molar-refractivity contribution < 1.29 is 14.7 Å². The standard InChI is InChI=1S/C18H29N3O3/c1-12(2)11-21-14(4)15(13(3)19-21)8-9-17(22)20-10-6-5-7-16(20)18(23)24/h12,16H,5-11H2,1-4H3,(H,23,24)/t16-/m1/s1. The normalized spacial score (nSPS) is 18.2. The van der Waals surface area contributed by atoms with Crippen molar-refractivity contribution >= 4 is 11.9 Å². The molecule has 1 aromatic rings. The number of piperidine rings is 1. The molecule has 2 rings (SSSR count). The number of amides is 1. The van der Waals surface area contributed by atoms with Gasteiger partial charge >= 0.3 is 5.97 Å². The van der Waals surface area contributed by atoms with E-state index in [4.69, 9.17) is 0 Å². The van der Waals surface area contributed by atoms with Gasteiger partial charge in [-0.05, 0) is 51.0 Å². The van der Waals surface area contributed by atoms with E-state index >= 15 is 0 Å². The highest BCUT2D eigenvalue weighted by molar-refractivity contribution is 5.84. The minimum Gasteiger partial charge on any atom is -0.480 e. The van der Waals surface area contributed by atoms with Gasteiger partial charge in [-0.2, -0.15) is 5.10 Å². The molecule has 1 saturated heterocycles. The van der Waals surface area contributed by atoms with E-state index in [9.17, 15) is 14.7 Å². The van der Waals surface area contributed by atoms with Crippen LogP contribution in [0.1, 0.15) is 56.5 Å². The molecule has 0 radical (unpaired) electrons. The van der Waals surface area contributed by atoms with E-state index < -0.39 is 12.0 Å². The lowest BCUT2D eigenvalue weighted by Gasteiger charge is -2.33. The topological polar surface area (TPSA) is 75.4 Å². The number of carbonyl (C=O) groups is 2. The predicted octanol–water partition coefficient (Wildman–Crippen LogP) is 2.55. The van der Waals surface area contributed by atoms with Crippen molar-refractivity contribution in [2.75, 3.05) is 6.54 Å². The molecule has 2 heterocycles. The van der Waals surface area contributed by atoms with Gasteiger partial charge in [-0.15, -0.1) is 0 Å². The summed E-state index contributed by atoms with van der Waals surface area (Å²) in [5.41, 5.74) is 3.20. The Bertz CT molecular complexity index is 607. The van der Waals surface area contributed by atoms with Crippen molar-refractivity contribution in [3.63, 3.8) is 0 Å². The maximum atomic E-state index is 12.5. The molecule has 0 spiro atoms. The van der Waals surface area contributed by atoms with Crippen LogP contribution in [-0.2, 0) is 22.6 Å². The van der Waals surface area contributed by atoms with Gasteiger partial charge in [0.15, 0.2) is 0 Å². The van der Waals surface area contributed by atoms with Gasteiger partial charge in [0.25, 0.3) is 0 Å². The van der Waals surface area contributed by atoms with E-state index in [2.05, 4.69) is 18.9 Å². The fraction of sp³-hybridized carbons (Fsp3) is 0.722. The zero-order valence-corrected chi connectivity index (χ0v) is 15.2. The van der Waals surface area contributed by atoms with Gasteiger partial charge < -0.3 is 10.0 Å². The Morgan fingerprint density at radius 3 is 2.62 bits per heavy atom. The summed E-state index contributed by atoms with van der Waals surface area (Å²) in [5.74, 6) is -0.431. The van der Waals surface area contributed by atoms with Gasteiger partial charge in [0.2, 0.25) is 5.91 Å². The van der Waals surface area contributed by atoms with Crippen LogP contribution in [-0.4, -0.2) is 44.3 Å². The Morgan fingerprint density at radius 1 is 1.29 bits per heavy atom. The molecule has 1 aromatic heterocycles. The highest BCUT2D eigenvalue weighted by atomic mass is 16.4. The van der Waals surface area contributed by atoms with Gasteiger partial charge in [0, 0.05) is 25.2 Å². The molecule has 1 N–H and O–H groups in total. The number of likely N-dealkylation sites (tertiary alicyclic amines) is 1. The second kappa shape index (κ2) is 7.81. The largest absolute Gasteiger partial charge is 0.480 e. The zero-order chi connectivity index (χ0) is 17.9. The summed E-state index contributed by atoms with van der Waals surface area (Å²) in [6, 6.07) is -0.655. The lowest BCUT2D eigenvalue weighted by Crippen LogP contribution is -2.48. The van der Waals surface area contributed by atoms with Crippen LogP contribution in [0.3, 0.4) is 0 Å². The summed E-state index contributed by atoms with van der Waals surface area (Å²) in [5, 5.41) is 13.9. The molecule has 134 valence electrons. The molecule has 1 fully saturated rings. The Labute approximate surface area is 143 Å². The van der Waals surface area contributed by atoms with Gasteiger partial charge in [-0.1, -0.05) is 13.8 Å². The number of carboxylic acid groups (broad SMARTS) is 1. The molecule has 0 bridgehead atoms. The minimum absolute atomic E-state index is 0.0579. The van der Waals surface area contributed by atoms with Crippen molar-refractivity contribution in [2.24, 2.45) is 5.92 Å². The highest BCUT2D eigenvalue weighted by Gasteiger charge is 2.31. The minimum atomic E-state index is -0.889. The summed E-state index contributed by atoms with van der Waals surface area (Å²) >= 11 is 0. The average molecular weight is 335 g/mol. The van der Waals surface area contributed by atoms with Gasteiger partial charge in [-0.3, -0.25) is 9.48 Å². The number of carboxylic acids is 1. The summed E-state index contributed by atoms with van der Waals surface area (Å²) < 4.78 is 2.01. The Kier molecular flexibility index (Phi) is 6.02. The molecule has 6 heteroatoms. The van der Waals surface area contributed by atoms with Crippen molar-refractivity contribution in [2.45, 2.75) is 72.4 Å². The Hall–Kier alpha value is -1.85. The van der Waals surface area contributed by atoms with Crippen molar-refractivity contribution in [1.82, 2.24) is 14.7 Å². The number of hydrogen-bond acceptors (Lipinski definition) is 3. The molecule has 24 heavy (non-hydrogen) atoms. The fourth-order valence-electron chi connectivity index (χ4n) is 3.48. The number of aromatic nitrogens is 2. The summed E-state index contributed by atoms with van der Waals surface area (Å²) in [6.07, 6.45) is 3.29. The Morgan fingerprint density at radius 2 is 2.00 bits per heavy atom. The van der Waals surface area contributed by atoms with Gasteiger partial charge in [0.1, 0.15) is 6.04 Å². The first-order valence-corrected chi connectivity index (χ1v) is 8.86. The van der Waals surface area contributed by atoms with E-state index in [0.717, 1.165) is 36.3 Å². The molecular formula is C18H29N3O3. The van der Waals surface area contributed by atoms with E-state index in [0.29, 0.717) is 31.7 Å². The van der Waals surface area contributed by atoms with Crippen molar-refractivity contribution in [1.29, 1.82) is 0 Å². The number of nitrogens with zero attached hydrogens (tertiary/aromatic N) is 3. The molecule has 1 aliphatic heterocycles. The van der Waals surface area contributed by atoms with Crippen LogP contribution in [0.15, 0.2) is 0 Å². The van der Waals surface area contributed by atoms with Crippen LogP contribution >= 0.6 is 0 Å². The number of hydrogen-bond donors (Lipinski definition) is 1. The van der Waals surface area contributed by atoms with E-state index in [-0.39, 0.29) is 5.91 Å².